The van der Waals surface area contributed by atoms with Gasteiger partial charge in [0.1, 0.15) is 5.82 Å². The van der Waals surface area contributed by atoms with Crippen LogP contribution >= 0.6 is 15.9 Å². The lowest BCUT2D eigenvalue weighted by Crippen LogP contribution is -2.27. The highest BCUT2D eigenvalue weighted by Gasteiger charge is 2.28. The zero-order valence-corrected chi connectivity index (χ0v) is 17.5. The minimum absolute atomic E-state index is 0.00321. The summed E-state index contributed by atoms with van der Waals surface area (Å²) < 4.78 is 29.9. The molecule has 1 aromatic heterocycles. The fraction of sp³-hybridized carbons (Fsp3) is 0.263. The normalized spacial score (nSPS) is 14.4. The summed E-state index contributed by atoms with van der Waals surface area (Å²) in [4.78, 5) is 17.3. The number of rotatable bonds is 6. The van der Waals surface area contributed by atoms with Crippen molar-refractivity contribution in [3.05, 3.63) is 58.3 Å². The fourth-order valence-corrected chi connectivity index (χ4v) is 4.70. The van der Waals surface area contributed by atoms with E-state index >= 15 is 0 Å². The fourth-order valence-electron chi connectivity index (χ4n) is 2.94. The number of aryl methyl sites for hydroxylation is 1. The smallest absolute Gasteiger partial charge is 0.252 e. The van der Waals surface area contributed by atoms with E-state index in [9.17, 15) is 13.2 Å². The highest BCUT2D eigenvalue weighted by molar-refractivity contribution is 9.10. The number of hydrogen-bond donors (Lipinski definition) is 2. The van der Waals surface area contributed by atoms with Gasteiger partial charge in [-0.15, -0.1) is 0 Å². The average molecular weight is 463 g/mol. The number of carbonyl (C=O) groups is 1. The van der Waals surface area contributed by atoms with E-state index in [2.05, 4.69) is 31.0 Å². The summed E-state index contributed by atoms with van der Waals surface area (Å²) in [5.41, 5.74) is 2.10. The predicted octanol–water partition coefficient (Wildman–Crippen LogP) is 2.71. The Bertz CT molecular complexity index is 1170. The van der Waals surface area contributed by atoms with E-state index in [4.69, 9.17) is 0 Å². The SMILES string of the molecule is Cn1c(CNC(=O)c2cc(S(=O)(=O)NC3CC3)ccc2Br)nc2ccccc21. The third-order valence-corrected chi connectivity index (χ3v) is 6.89. The number of sulfonamides is 1. The highest BCUT2D eigenvalue weighted by atomic mass is 79.9. The molecule has 2 aromatic carbocycles. The third kappa shape index (κ3) is 3.82. The maximum Gasteiger partial charge on any atom is 0.252 e. The maximum atomic E-state index is 12.7. The van der Waals surface area contributed by atoms with Gasteiger partial charge in [0.25, 0.3) is 5.91 Å². The Morgan fingerprint density at radius 1 is 1.25 bits per heavy atom. The Labute approximate surface area is 171 Å². The quantitative estimate of drug-likeness (QED) is 0.588. The van der Waals surface area contributed by atoms with Crippen LogP contribution in [0.15, 0.2) is 51.8 Å². The first-order valence-corrected chi connectivity index (χ1v) is 11.1. The summed E-state index contributed by atoms with van der Waals surface area (Å²) in [5, 5.41) is 2.82. The van der Waals surface area contributed by atoms with Gasteiger partial charge in [0.15, 0.2) is 0 Å². The summed E-state index contributed by atoms with van der Waals surface area (Å²) in [6.45, 7) is 0.230. The standard InChI is InChI=1S/C19H19BrN4O3S/c1-24-17-5-3-2-4-16(17)22-18(24)11-21-19(25)14-10-13(8-9-15(14)20)28(26,27)23-12-6-7-12/h2-5,8-10,12,23H,6-7,11H2,1H3,(H,21,25). The van der Waals surface area contributed by atoms with Crippen LogP contribution < -0.4 is 10.0 Å². The molecule has 9 heteroatoms. The monoisotopic (exact) mass is 462 g/mol. The summed E-state index contributed by atoms with van der Waals surface area (Å²) in [5.74, 6) is 0.340. The van der Waals surface area contributed by atoms with Gasteiger partial charge in [0, 0.05) is 17.6 Å². The average Bonchev–Trinajstić information content (AvgIpc) is 3.41. The molecule has 1 aliphatic carbocycles. The number of nitrogens with one attached hydrogen (secondary N) is 2. The lowest BCUT2D eigenvalue weighted by Gasteiger charge is -2.10. The molecule has 1 aliphatic rings. The van der Waals surface area contributed by atoms with Crippen molar-refractivity contribution in [3.63, 3.8) is 0 Å². The molecule has 0 aliphatic heterocycles. The van der Waals surface area contributed by atoms with Crippen LogP contribution in [0.25, 0.3) is 11.0 Å². The van der Waals surface area contributed by atoms with E-state index in [-0.39, 0.29) is 29.0 Å². The van der Waals surface area contributed by atoms with Crippen molar-refractivity contribution in [1.29, 1.82) is 0 Å². The number of aromatic nitrogens is 2. The minimum atomic E-state index is -3.63. The molecule has 0 radical (unpaired) electrons. The topological polar surface area (TPSA) is 93.1 Å². The van der Waals surface area contributed by atoms with Gasteiger partial charge in [-0.25, -0.2) is 18.1 Å². The molecule has 0 spiro atoms. The van der Waals surface area contributed by atoms with Crippen molar-refractivity contribution >= 4 is 42.9 Å². The van der Waals surface area contributed by atoms with Crippen LogP contribution in [0.3, 0.4) is 0 Å². The Morgan fingerprint density at radius 2 is 2.00 bits per heavy atom. The van der Waals surface area contributed by atoms with Gasteiger partial charge in [-0.1, -0.05) is 12.1 Å². The number of amides is 1. The van der Waals surface area contributed by atoms with E-state index in [1.54, 1.807) is 6.07 Å². The van der Waals surface area contributed by atoms with Crippen LogP contribution in [0.4, 0.5) is 0 Å². The van der Waals surface area contributed by atoms with Crippen LogP contribution in [-0.2, 0) is 23.6 Å². The third-order valence-electron chi connectivity index (χ3n) is 4.68. The Kier molecular flexibility index (Phi) is 4.98. The molecule has 0 bridgehead atoms. The summed E-state index contributed by atoms with van der Waals surface area (Å²) in [6.07, 6.45) is 1.70. The molecule has 7 nitrogen and oxygen atoms in total. The molecule has 28 heavy (non-hydrogen) atoms. The van der Waals surface area contributed by atoms with Crippen LogP contribution in [-0.4, -0.2) is 29.9 Å². The molecule has 1 fully saturated rings. The molecule has 0 unspecified atom stereocenters. The van der Waals surface area contributed by atoms with Gasteiger partial charge in [0.2, 0.25) is 10.0 Å². The second kappa shape index (κ2) is 7.31. The largest absolute Gasteiger partial charge is 0.345 e. The molecular formula is C19H19BrN4O3S. The molecule has 0 saturated heterocycles. The second-order valence-corrected chi connectivity index (χ2v) is 9.36. The van der Waals surface area contributed by atoms with Crippen molar-refractivity contribution in [1.82, 2.24) is 19.6 Å². The molecule has 3 aromatic rings. The van der Waals surface area contributed by atoms with Crippen LogP contribution in [0, 0.1) is 0 Å². The number of para-hydroxylation sites is 2. The minimum Gasteiger partial charge on any atom is -0.345 e. The van der Waals surface area contributed by atoms with Gasteiger partial charge >= 0.3 is 0 Å². The van der Waals surface area contributed by atoms with Crippen LogP contribution in [0.1, 0.15) is 29.0 Å². The Balaban J connectivity index is 1.54. The zero-order chi connectivity index (χ0) is 19.9. The van der Waals surface area contributed by atoms with E-state index in [1.165, 1.54) is 12.1 Å². The summed E-state index contributed by atoms with van der Waals surface area (Å²) in [7, 11) is -1.74. The maximum absolute atomic E-state index is 12.7. The lowest BCUT2D eigenvalue weighted by molar-refractivity contribution is 0.0948. The number of fused-ring (bicyclic) bond motifs is 1. The Morgan fingerprint density at radius 3 is 2.71 bits per heavy atom. The molecule has 2 N–H and O–H groups in total. The number of halogens is 1. The number of hydrogen-bond acceptors (Lipinski definition) is 4. The molecule has 1 heterocycles. The molecule has 4 rings (SSSR count). The summed E-state index contributed by atoms with van der Waals surface area (Å²) >= 11 is 3.33. The molecule has 1 saturated carbocycles. The van der Waals surface area contributed by atoms with E-state index in [1.807, 2.05) is 35.9 Å². The number of imidazole rings is 1. The molecule has 0 atom stereocenters. The molecule has 1 amide bonds. The number of nitrogens with zero attached hydrogens (tertiary/aromatic N) is 2. The van der Waals surface area contributed by atoms with Crippen molar-refractivity contribution < 1.29 is 13.2 Å². The molecular weight excluding hydrogens is 444 g/mol. The first kappa shape index (κ1) is 19.1. The molecule has 146 valence electrons. The van der Waals surface area contributed by atoms with Crippen molar-refractivity contribution in [2.75, 3.05) is 0 Å². The first-order chi connectivity index (χ1) is 13.3. The first-order valence-electron chi connectivity index (χ1n) is 8.85. The number of carbonyl (C=O) groups excluding carboxylic acids is 1. The van der Waals surface area contributed by atoms with Crippen molar-refractivity contribution in [2.24, 2.45) is 7.05 Å². The van der Waals surface area contributed by atoms with Crippen molar-refractivity contribution in [3.8, 4) is 0 Å². The zero-order valence-electron chi connectivity index (χ0n) is 15.1. The Hall–Kier alpha value is -2.23. The lowest BCUT2D eigenvalue weighted by atomic mass is 10.2. The second-order valence-electron chi connectivity index (χ2n) is 6.80. The van der Waals surface area contributed by atoms with Gasteiger partial charge in [0.05, 0.1) is 28.0 Å². The van der Waals surface area contributed by atoms with E-state index < -0.39 is 10.0 Å². The van der Waals surface area contributed by atoms with E-state index in [0.29, 0.717) is 10.3 Å². The highest BCUT2D eigenvalue weighted by Crippen LogP contribution is 2.25. The van der Waals surface area contributed by atoms with Crippen molar-refractivity contribution in [2.45, 2.75) is 30.3 Å². The van der Waals surface area contributed by atoms with Gasteiger partial charge < -0.3 is 9.88 Å². The number of benzene rings is 2. The van der Waals surface area contributed by atoms with Crippen LogP contribution in [0.2, 0.25) is 0 Å². The predicted molar refractivity (Wildman–Crippen MR) is 109 cm³/mol. The van der Waals surface area contributed by atoms with Gasteiger partial charge in [-0.2, -0.15) is 0 Å². The van der Waals surface area contributed by atoms with Gasteiger partial charge in [-0.05, 0) is 59.1 Å². The van der Waals surface area contributed by atoms with E-state index in [0.717, 1.165) is 23.9 Å². The van der Waals surface area contributed by atoms with Crippen LogP contribution in [0.5, 0.6) is 0 Å². The summed E-state index contributed by atoms with van der Waals surface area (Å²) in [6, 6.07) is 12.2. The van der Waals surface area contributed by atoms with Gasteiger partial charge in [-0.3, -0.25) is 4.79 Å².